The molecule has 1 saturated carbocycles. The standard InChI is InChI=1S/C41H29BrCl2F5N5O6/c1-52(2)20-8-4-18(5-9-20)50-51-19-6-10-21(11-7-19)53-36(56)23-13-12-22-24(27(23)37(53)57)16-40(43)38(58)54(34-32(48)30(46)29(45)31(47)33(34)49)39(59)41(40,44)28(22)17-14-25(42)35(55)26(15-17)60-3/h4-12,14-15,23-24,27-28,55H,13,16H2,1-3H3/t23-,24+,27-,28-,40+,41-/m0/s1. The van der Waals surface area contributed by atoms with Crippen molar-refractivity contribution in [3.05, 3.63) is 111 Å². The Morgan fingerprint density at radius 2 is 1.37 bits per heavy atom. The number of phenols is 1. The summed E-state index contributed by atoms with van der Waals surface area (Å²) >= 11 is 17.7. The van der Waals surface area contributed by atoms with E-state index in [1.807, 2.05) is 31.1 Å². The average molecular weight is 934 g/mol. The molecule has 2 heterocycles. The maximum Gasteiger partial charge on any atom is 0.258 e. The lowest BCUT2D eigenvalue weighted by Crippen LogP contribution is -2.60. The normalized spacial score (nSPS) is 26.1. The lowest BCUT2D eigenvalue weighted by molar-refractivity contribution is -0.125. The second-order valence-electron chi connectivity index (χ2n) is 14.9. The van der Waals surface area contributed by atoms with Crippen LogP contribution in [0.5, 0.6) is 11.5 Å². The van der Waals surface area contributed by atoms with Gasteiger partial charge in [-0.05, 0) is 101 Å². The van der Waals surface area contributed by atoms with E-state index in [9.17, 15) is 37.5 Å². The van der Waals surface area contributed by atoms with Gasteiger partial charge in [0.15, 0.2) is 44.5 Å². The third kappa shape index (κ3) is 5.86. The first kappa shape index (κ1) is 41.3. The molecule has 0 unspecified atom stereocenters. The fourth-order valence-corrected chi connectivity index (χ4v) is 10.1. The molecular formula is C41H29BrCl2F5N5O6. The number of ether oxygens (including phenoxy) is 1. The summed E-state index contributed by atoms with van der Waals surface area (Å²) in [5.74, 6) is -22.5. The molecule has 310 valence electrons. The Labute approximate surface area is 356 Å². The highest BCUT2D eigenvalue weighted by Gasteiger charge is 2.77. The molecule has 0 radical (unpaired) electrons. The number of imide groups is 2. The summed E-state index contributed by atoms with van der Waals surface area (Å²) in [4.78, 5) is 54.9. The summed E-state index contributed by atoms with van der Waals surface area (Å²) in [6, 6.07) is 16.0. The molecule has 4 aromatic carbocycles. The smallest absolute Gasteiger partial charge is 0.258 e. The van der Waals surface area contributed by atoms with Crippen molar-refractivity contribution in [2.24, 2.45) is 28.0 Å². The Morgan fingerprint density at radius 1 is 0.800 bits per heavy atom. The Kier molecular flexibility index (Phi) is 10.1. The molecule has 0 spiro atoms. The Balaban J connectivity index is 1.20. The van der Waals surface area contributed by atoms with Crippen molar-refractivity contribution in [3.8, 4) is 11.5 Å². The molecule has 3 fully saturated rings. The highest BCUT2D eigenvalue weighted by atomic mass is 79.9. The number of hydrogen-bond donors (Lipinski definition) is 1. The van der Waals surface area contributed by atoms with E-state index in [2.05, 4.69) is 26.2 Å². The predicted molar refractivity (Wildman–Crippen MR) is 213 cm³/mol. The number of nitrogens with zero attached hydrogens (tertiary/aromatic N) is 5. The number of allylic oxidation sites excluding steroid dienone is 2. The minimum absolute atomic E-state index is 0.00519. The molecule has 4 aromatic rings. The molecule has 2 saturated heterocycles. The first-order valence-corrected chi connectivity index (χ1v) is 19.6. The van der Waals surface area contributed by atoms with Crippen LogP contribution in [0.3, 0.4) is 0 Å². The minimum Gasteiger partial charge on any atom is -0.503 e. The molecule has 2 aliphatic heterocycles. The molecule has 4 amide bonds. The second-order valence-corrected chi connectivity index (χ2v) is 17.0. The van der Waals surface area contributed by atoms with Gasteiger partial charge < -0.3 is 14.7 Å². The molecule has 1 N–H and O–H groups in total. The zero-order valence-corrected chi connectivity index (χ0v) is 34.4. The number of aromatic hydroxyl groups is 1. The van der Waals surface area contributed by atoms with Crippen LogP contribution in [0.4, 0.5) is 50.4 Å². The van der Waals surface area contributed by atoms with Gasteiger partial charge in [-0.3, -0.25) is 24.1 Å². The van der Waals surface area contributed by atoms with E-state index >= 15 is 8.78 Å². The summed E-state index contributed by atoms with van der Waals surface area (Å²) < 4.78 is 79.4. The number of anilines is 3. The van der Waals surface area contributed by atoms with Crippen molar-refractivity contribution < 1.29 is 51.0 Å². The lowest BCUT2D eigenvalue weighted by Gasteiger charge is -2.50. The highest BCUT2D eigenvalue weighted by Crippen LogP contribution is 2.66. The quantitative estimate of drug-likeness (QED) is 0.0372. The van der Waals surface area contributed by atoms with Crippen LogP contribution >= 0.6 is 39.1 Å². The van der Waals surface area contributed by atoms with Crippen molar-refractivity contribution in [3.63, 3.8) is 0 Å². The maximum atomic E-state index is 15.4. The number of fused-ring (bicyclic) bond motifs is 4. The molecule has 2 aliphatic carbocycles. The van der Waals surface area contributed by atoms with Crippen LogP contribution in [-0.2, 0) is 19.2 Å². The van der Waals surface area contributed by atoms with Gasteiger partial charge in [-0.1, -0.05) is 11.6 Å². The fourth-order valence-electron chi connectivity index (χ4n) is 8.71. The number of benzene rings is 4. The highest BCUT2D eigenvalue weighted by molar-refractivity contribution is 9.10. The number of amides is 4. The molecule has 19 heteroatoms. The van der Waals surface area contributed by atoms with Crippen LogP contribution in [0.25, 0.3) is 0 Å². The van der Waals surface area contributed by atoms with Gasteiger partial charge in [0.1, 0.15) is 5.69 Å². The first-order valence-electron chi connectivity index (χ1n) is 18.1. The van der Waals surface area contributed by atoms with E-state index in [4.69, 9.17) is 27.9 Å². The average Bonchev–Trinajstić information content (AvgIpc) is 3.57. The van der Waals surface area contributed by atoms with Gasteiger partial charge in [0, 0.05) is 25.7 Å². The van der Waals surface area contributed by atoms with E-state index in [-0.39, 0.29) is 44.1 Å². The molecule has 0 bridgehead atoms. The van der Waals surface area contributed by atoms with Crippen LogP contribution in [0, 0.1) is 46.8 Å². The van der Waals surface area contributed by atoms with Crippen molar-refractivity contribution in [1.29, 1.82) is 0 Å². The van der Waals surface area contributed by atoms with Gasteiger partial charge in [0.05, 0.1) is 40.5 Å². The molecule has 0 aromatic heterocycles. The number of phenolic OH excluding ortho intramolecular Hbond substituents is 1. The SMILES string of the molecule is COc1cc([C@H]2C3=CC[C@@H]4C(=O)N(c5ccc(N=Nc6ccc(N(C)C)cc6)cc5)C(=O)[C@@H]4[C@@H]3C[C@@]3(Cl)C(=O)N(c4c(F)c(F)c(F)c(F)c4F)C(=O)[C@@]23Cl)cc(Br)c1O. The number of hydrogen-bond acceptors (Lipinski definition) is 9. The summed E-state index contributed by atoms with van der Waals surface area (Å²) in [6.45, 7) is 0. The number of carbonyl (C=O) groups is 4. The van der Waals surface area contributed by atoms with Crippen LogP contribution in [0.2, 0.25) is 0 Å². The summed E-state index contributed by atoms with van der Waals surface area (Å²) in [5.41, 5.74) is 0.520. The van der Waals surface area contributed by atoms with Crippen molar-refractivity contribution >= 4 is 91.2 Å². The summed E-state index contributed by atoms with van der Waals surface area (Å²) in [5, 5.41) is 19.1. The van der Waals surface area contributed by atoms with Gasteiger partial charge in [0.25, 0.3) is 11.8 Å². The van der Waals surface area contributed by atoms with E-state index in [1.165, 1.54) is 31.4 Å². The van der Waals surface area contributed by atoms with E-state index in [1.54, 1.807) is 30.3 Å². The van der Waals surface area contributed by atoms with Gasteiger partial charge in [0.2, 0.25) is 17.6 Å². The third-order valence-corrected chi connectivity index (χ3v) is 13.6. The number of azo groups is 1. The van der Waals surface area contributed by atoms with Crippen molar-refractivity contribution in [2.75, 3.05) is 35.9 Å². The van der Waals surface area contributed by atoms with Crippen LogP contribution in [-0.4, -0.2) is 59.7 Å². The van der Waals surface area contributed by atoms with Crippen molar-refractivity contribution in [1.82, 2.24) is 0 Å². The Bertz CT molecular complexity index is 2590. The number of alkyl halides is 2. The topological polar surface area (TPSA) is 132 Å². The van der Waals surface area contributed by atoms with E-state index < -0.39 is 98.2 Å². The Hall–Kier alpha value is -5.39. The summed E-state index contributed by atoms with van der Waals surface area (Å²) in [6.07, 6.45) is 0.803. The lowest BCUT2D eigenvalue weighted by atomic mass is 9.56. The molecule has 4 aliphatic rings. The number of carbonyl (C=O) groups excluding carboxylic acids is 4. The number of rotatable bonds is 7. The largest absolute Gasteiger partial charge is 0.503 e. The van der Waals surface area contributed by atoms with Crippen molar-refractivity contribution in [2.45, 2.75) is 28.5 Å². The maximum absolute atomic E-state index is 15.4. The Morgan fingerprint density at radius 3 is 1.93 bits per heavy atom. The predicted octanol–water partition coefficient (Wildman–Crippen LogP) is 9.11. The molecule has 8 rings (SSSR count). The molecule has 60 heavy (non-hydrogen) atoms. The van der Waals surface area contributed by atoms with Gasteiger partial charge in [-0.25, -0.2) is 26.9 Å². The van der Waals surface area contributed by atoms with Gasteiger partial charge in [-0.2, -0.15) is 10.2 Å². The number of halogens is 8. The van der Waals surface area contributed by atoms with Crippen LogP contribution in [0.1, 0.15) is 24.3 Å². The zero-order chi connectivity index (χ0) is 43.3. The molecule has 6 atom stereocenters. The minimum atomic E-state index is -2.76. The molecule has 11 nitrogen and oxygen atoms in total. The van der Waals surface area contributed by atoms with E-state index in [0.717, 1.165) is 10.6 Å². The van der Waals surface area contributed by atoms with E-state index in [0.29, 0.717) is 11.4 Å². The fraction of sp³-hybridized carbons (Fsp3) is 0.268. The second kappa shape index (κ2) is 14.7. The van der Waals surface area contributed by atoms with Gasteiger partial charge >= 0.3 is 0 Å². The zero-order valence-electron chi connectivity index (χ0n) is 31.3. The molecular weight excluding hydrogens is 904 g/mol. The van der Waals surface area contributed by atoms with Crippen LogP contribution in [0.15, 0.2) is 87.0 Å². The van der Waals surface area contributed by atoms with Gasteiger partial charge in [-0.15, -0.1) is 23.2 Å². The third-order valence-electron chi connectivity index (χ3n) is 11.6. The van der Waals surface area contributed by atoms with Crippen LogP contribution < -0.4 is 19.4 Å². The number of methoxy groups -OCH3 is 1. The first-order chi connectivity index (χ1) is 28.4. The summed E-state index contributed by atoms with van der Waals surface area (Å²) in [7, 11) is 5.02. The monoisotopic (exact) mass is 931 g/mol.